The smallest absolute Gasteiger partial charge is 0.357 e. The van der Waals surface area contributed by atoms with Gasteiger partial charge in [0.2, 0.25) is 0 Å². The number of aromatic nitrogens is 1. The molecule has 0 atom stereocenters. The minimum atomic E-state index is -4.80. The van der Waals surface area contributed by atoms with Crippen LogP contribution in [0.4, 0.5) is 5.69 Å². The van der Waals surface area contributed by atoms with Gasteiger partial charge in [-0.3, -0.25) is 4.57 Å². The second-order valence-electron chi connectivity index (χ2n) is 6.50. The van der Waals surface area contributed by atoms with E-state index in [1.54, 1.807) is 24.3 Å². The van der Waals surface area contributed by atoms with Gasteiger partial charge in [-0.1, -0.05) is 12.1 Å². The second-order valence-corrected chi connectivity index (χ2v) is 9.06. The van der Waals surface area contributed by atoms with E-state index in [0.29, 0.717) is 5.52 Å². The van der Waals surface area contributed by atoms with Crippen molar-refractivity contribution in [1.82, 2.24) is 4.98 Å². The van der Waals surface area contributed by atoms with Crippen LogP contribution >= 0.6 is 18.9 Å². The van der Waals surface area contributed by atoms with Gasteiger partial charge in [0.05, 0.1) is 15.5 Å². The molecule has 150 valence electrons. The number of thiazole rings is 1. The average molecular weight is 430 g/mol. The first kappa shape index (κ1) is 19.8. The standard InChI is InChI=1S/C20H19N2O5PS/c1-3-22(4-2)12-9-10-13-15(11-12)27-20(23)17(18(13)28(24,25)26)19-21-14-7-5-6-8-16(14)29-19/h5-11H,3-4H2,1-2H3,(H2,24,25,26). The van der Waals surface area contributed by atoms with Gasteiger partial charge in [-0.15, -0.1) is 11.3 Å². The van der Waals surface area contributed by atoms with Gasteiger partial charge in [-0.2, -0.15) is 0 Å². The lowest BCUT2D eigenvalue weighted by molar-refractivity contribution is 0.387. The summed E-state index contributed by atoms with van der Waals surface area (Å²) >= 11 is 1.20. The first-order valence-electron chi connectivity index (χ1n) is 9.11. The number of hydrogen-bond donors (Lipinski definition) is 2. The van der Waals surface area contributed by atoms with Crippen LogP contribution in [-0.2, 0) is 4.57 Å². The van der Waals surface area contributed by atoms with E-state index < -0.39 is 13.2 Å². The van der Waals surface area contributed by atoms with E-state index in [0.717, 1.165) is 23.5 Å². The highest BCUT2D eigenvalue weighted by Crippen LogP contribution is 2.41. The van der Waals surface area contributed by atoms with Crippen LogP contribution in [-0.4, -0.2) is 27.9 Å². The van der Waals surface area contributed by atoms with Crippen molar-refractivity contribution in [1.29, 1.82) is 0 Å². The summed E-state index contributed by atoms with van der Waals surface area (Å²) in [5.74, 6) is 0. The SMILES string of the molecule is CCN(CC)c1ccc2c(P(=O)(O)O)c(-c3nc4ccccc4s3)c(=O)oc2c1. The van der Waals surface area contributed by atoms with E-state index in [-0.39, 0.29) is 26.8 Å². The minimum absolute atomic E-state index is 0.141. The molecule has 0 aliphatic heterocycles. The predicted octanol–water partition coefficient (Wildman–Crippen LogP) is 3.72. The van der Waals surface area contributed by atoms with Crippen LogP contribution in [0.15, 0.2) is 51.7 Å². The quantitative estimate of drug-likeness (QED) is 0.367. The Bertz CT molecular complexity index is 1290. The van der Waals surface area contributed by atoms with Crippen LogP contribution in [0.2, 0.25) is 0 Å². The molecule has 0 saturated carbocycles. The average Bonchev–Trinajstić information content (AvgIpc) is 3.10. The normalized spacial score (nSPS) is 12.0. The zero-order valence-electron chi connectivity index (χ0n) is 15.8. The zero-order valence-corrected chi connectivity index (χ0v) is 17.5. The highest BCUT2D eigenvalue weighted by atomic mass is 32.1. The zero-order chi connectivity index (χ0) is 20.8. The van der Waals surface area contributed by atoms with E-state index in [1.165, 1.54) is 11.3 Å². The Morgan fingerprint density at radius 2 is 1.86 bits per heavy atom. The number of benzene rings is 2. The lowest BCUT2D eigenvalue weighted by atomic mass is 10.1. The molecule has 4 rings (SSSR count). The molecule has 2 aromatic carbocycles. The number of rotatable bonds is 5. The number of para-hydroxylation sites is 1. The van der Waals surface area contributed by atoms with Crippen LogP contribution in [0.3, 0.4) is 0 Å². The molecule has 0 amide bonds. The van der Waals surface area contributed by atoms with E-state index in [4.69, 9.17) is 4.42 Å². The molecule has 7 nitrogen and oxygen atoms in total. The van der Waals surface area contributed by atoms with Crippen LogP contribution in [0.25, 0.3) is 31.8 Å². The molecule has 0 radical (unpaired) electrons. The van der Waals surface area contributed by atoms with E-state index in [2.05, 4.69) is 9.88 Å². The lowest BCUT2D eigenvalue weighted by Crippen LogP contribution is -2.22. The van der Waals surface area contributed by atoms with Crippen molar-refractivity contribution >= 4 is 51.1 Å². The van der Waals surface area contributed by atoms with E-state index >= 15 is 0 Å². The molecule has 0 fully saturated rings. The van der Waals surface area contributed by atoms with E-state index in [1.807, 2.05) is 32.0 Å². The van der Waals surface area contributed by atoms with Crippen molar-refractivity contribution in [3.05, 3.63) is 52.9 Å². The summed E-state index contributed by atoms with van der Waals surface area (Å²) in [7, 11) is -4.80. The Morgan fingerprint density at radius 3 is 2.52 bits per heavy atom. The molecular weight excluding hydrogens is 411 g/mol. The Labute approximate surface area is 170 Å². The molecule has 2 N–H and O–H groups in total. The third-order valence-corrected chi connectivity index (χ3v) is 6.89. The molecule has 0 bridgehead atoms. The third kappa shape index (κ3) is 3.49. The highest BCUT2D eigenvalue weighted by Gasteiger charge is 2.31. The number of anilines is 1. The number of nitrogens with zero attached hydrogens (tertiary/aromatic N) is 2. The molecular formula is C20H19N2O5PS. The Balaban J connectivity index is 2.04. The summed E-state index contributed by atoms with van der Waals surface area (Å²) in [4.78, 5) is 39.5. The molecule has 2 heterocycles. The van der Waals surface area contributed by atoms with Crippen LogP contribution in [0, 0.1) is 0 Å². The van der Waals surface area contributed by atoms with Gasteiger partial charge in [0.25, 0.3) is 0 Å². The van der Waals surface area contributed by atoms with Gasteiger partial charge in [-0.05, 0) is 38.1 Å². The summed E-state index contributed by atoms with van der Waals surface area (Å²) in [5, 5.41) is 0.102. The summed E-state index contributed by atoms with van der Waals surface area (Å²) in [5.41, 5.74) is 0.618. The van der Waals surface area contributed by atoms with Crippen LogP contribution in [0.1, 0.15) is 13.8 Å². The lowest BCUT2D eigenvalue weighted by Gasteiger charge is -2.21. The summed E-state index contributed by atoms with van der Waals surface area (Å²) in [6, 6.07) is 12.3. The van der Waals surface area contributed by atoms with Crippen molar-refractivity contribution in [2.45, 2.75) is 13.8 Å². The summed E-state index contributed by atoms with van der Waals surface area (Å²) in [6.07, 6.45) is 0. The summed E-state index contributed by atoms with van der Waals surface area (Å²) in [6.45, 7) is 5.51. The molecule has 0 aliphatic carbocycles. The molecule has 29 heavy (non-hydrogen) atoms. The van der Waals surface area contributed by atoms with Crippen molar-refractivity contribution in [3.63, 3.8) is 0 Å². The Hall–Kier alpha value is -2.51. The second kappa shape index (κ2) is 7.39. The van der Waals surface area contributed by atoms with Crippen molar-refractivity contribution in [2.24, 2.45) is 0 Å². The van der Waals surface area contributed by atoms with Gasteiger partial charge in [0.1, 0.15) is 16.2 Å². The van der Waals surface area contributed by atoms with Crippen LogP contribution < -0.4 is 15.8 Å². The summed E-state index contributed by atoms with van der Waals surface area (Å²) < 4.78 is 18.7. The molecule has 9 heteroatoms. The first-order valence-corrected chi connectivity index (χ1v) is 11.5. The fraction of sp³-hybridized carbons (Fsp3) is 0.200. The van der Waals surface area contributed by atoms with Gasteiger partial charge >= 0.3 is 13.2 Å². The Kier molecular flexibility index (Phi) is 5.04. The van der Waals surface area contributed by atoms with Gasteiger partial charge < -0.3 is 19.1 Å². The third-order valence-electron chi connectivity index (χ3n) is 4.79. The van der Waals surface area contributed by atoms with Gasteiger partial charge in [-0.25, -0.2) is 9.78 Å². The van der Waals surface area contributed by atoms with E-state index in [9.17, 15) is 19.1 Å². The molecule has 2 aromatic heterocycles. The monoisotopic (exact) mass is 430 g/mol. The maximum Gasteiger partial charge on any atom is 0.357 e. The molecule has 4 aromatic rings. The first-order chi connectivity index (χ1) is 13.8. The molecule has 0 saturated heterocycles. The maximum absolute atomic E-state index is 12.8. The van der Waals surface area contributed by atoms with Gasteiger partial charge in [0, 0.05) is 30.2 Å². The fourth-order valence-corrected chi connectivity index (χ4v) is 5.50. The maximum atomic E-state index is 12.8. The number of fused-ring (bicyclic) bond motifs is 2. The van der Waals surface area contributed by atoms with Crippen molar-refractivity contribution in [2.75, 3.05) is 18.0 Å². The van der Waals surface area contributed by atoms with Crippen LogP contribution in [0.5, 0.6) is 0 Å². The molecule has 0 unspecified atom stereocenters. The largest absolute Gasteiger partial charge is 0.422 e. The molecule has 0 spiro atoms. The molecule has 0 aliphatic rings. The topological polar surface area (TPSA) is 104 Å². The van der Waals surface area contributed by atoms with Crippen molar-refractivity contribution in [3.8, 4) is 10.6 Å². The van der Waals surface area contributed by atoms with Gasteiger partial charge in [0.15, 0.2) is 0 Å². The number of hydrogen-bond acceptors (Lipinski definition) is 6. The Morgan fingerprint density at radius 1 is 1.14 bits per heavy atom. The van der Waals surface area contributed by atoms with Crippen molar-refractivity contribution < 1.29 is 18.8 Å². The minimum Gasteiger partial charge on any atom is -0.422 e. The predicted molar refractivity (Wildman–Crippen MR) is 116 cm³/mol. The highest BCUT2D eigenvalue weighted by molar-refractivity contribution is 7.61. The fourth-order valence-electron chi connectivity index (χ4n) is 3.43.